The molecule has 1 amide bonds. The molecular formula is C16H21NO4. The molecule has 0 unspecified atom stereocenters. The second-order valence-corrected chi connectivity index (χ2v) is 5.70. The molecule has 0 aliphatic heterocycles. The fraction of sp³-hybridized carbons (Fsp3) is 0.438. The van der Waals surface area contributed by atoms with Gasteiger partial charge in [-0.25, -0.2) is 4.79 Å². The third-order valence-corrected chi connectivity index (χ3v) is 3.39. The molecule has 1 aromatic rings. The van der Waals surface area contributed by atoms with Crippen LogP contribution in [0.4, 0.5) is 0 Å². The monoisotopic (exact) mass is 291 g/mol. The minimum atomic E-state index is -1.33. The molecule has 0 spiro atoms. The van der Waals surface area contributed by atoms with E-state index < -0.39 is 17.4 Å². The summed E-state index contributed by atoms with van der Waals surface area (Å²) in [7, 11) is 0. The topological polar surface area (TPSA) is 83.5 Å². The van der Waals surface area contributed by atoms with E-state index in [-0.39, 0.29) is 18.6 Å². The van der Waals surface area contributed by atoms with Crippen LogP contribution in [0.3, 0.4) is 0 Å². The van der Waals surface area contributed by atoms with Gasteiger partial charge in [-0.3, -0.25) is 9.59 Å². The summed E-state index contributed by atoms with van der Waals surface area (Å²) in [6, 6.07) is 5.41. The number of amides is 1. The number of carbonyl (C=O) groups excluding carboxylic acids is 2. The largest absolute Gasteiger partial charge is 0.480 e. The summed E-state index contributed by atoms with van der Waals surface area (Å²) in [5, 5.41) is 11.3. The Morgan fingerprint density at radius 3 is 2.24 bits per heavy atom. The lowest BCUT2D eigenvalue weighted by Crippen LogP contribution is -2.49. The van der Waals surface area contributed by atoms with Gasteiger partial charge in [0.05, 0.1) is 0 Å². The van der Waals surface area contributed by atoms with Gasteiger partial charge in [-0.15, -0.1) is 0 Å². The van der Waals surface area contributed by atoms with Crippen molar-refractivity contribution in [3.8, 4) is 0 Å². The average molecular weight is 291 g/mol. The van der Waals surface area contributed by atoms with Gasteiger partial charge in [0.2, 0.25) is 5.91 Å². The summed E-state index contributed by atoms with van der Waals surface area (Å²) in [6.07, 6.45) is 0.0342. The van der Waals surface area contributed by atoms with Gasteiger partial charge in [0.1, 0.15) is 5.54 Å². The minimum absolute atomic E-state index is 0.0253. The van der Waals surface area contributed by atoms with Crippen molar-refractivity contribution in [1.29, 1.82) is 0 Å². The molecule has 0 aliphatic rings. The number of hydrogen-bond acceptors (Lipinski definition) is 3. The van der Waals surface area contributed by atoms with E-state index in [2.05, 4.69) is 5.32 Å². The smallest absolute Gasteiger partial charge is 0.328 e. The third-order valence-electron chi connectivity index (χ3n) is 3.39. The van der Waals surface area contributed by atoms with Crippen LogP contribution in [-0.4, -0.2) is 28.3 Å². The van der Waals surface area contributed by atoms with Crippen LogP contribution in [0.1, 0.15) is 48.2 Å². The molecule has 0 atom stereocenters. The maximum absolute atomic E-state index is 12.0. The summed E-state index contributed by atoms with van der Waals surface area (Å²) in [5.74, 6) is -1.68. The number of carboxylic acid groups (broad SMARTS) is 1. The summed E-state index contributed by atoms with van der Waals surface area (Å²) >= 11 is 0. The molecule has 0 aromatic heterocycles. The van der Waals surface area contributed by atoms with Crippen molar-refractivity contribution >= 4 is 17.7 Å². The summed E-state index contributed by atoms with van der Waals surface area (Å²) in [4.78, 5) is 34.6. The van der Waals surface area contributed by atoms with Gasteiger partial charge >= 0.3 is 5.97 Å². The Balaban J connectivity index is 2.59. The number of rotatable bonds is 6. The normalized spacial score (nSPS) is 11.0. The number of ketones is 1. The molecule has 1 aromatic carbocycles. The Kier molecular flexibility index (Phi) is 5.24. The van der Waals surface area contributed by atoms with Crippen molar-refractivity contribution in [1.82, 2.24) is 5.32 Å². The molecule has 5 heteroatoms. The zero-order valence-electron chi connectivity index (χ0n) is 12.8. The molecule has 0 bridgehead atoms. The Morgan fingerprint density at radius 2 is 1.71 bits per heavy atom. The van der Waals surface area contributed by atoms with Crippen LogP contribution in [-0.2, 0) is 9.59 Å². The van der Waals surface area contributed by atoms with Crippen LogP contribution in [0.2, 0.25) is 0 Å². The predicted octanol–water partition coefficient (Wildman–Crippen LogP) is 2.25. The van der Waals surface area contributed by atoms with Crippen LogP contribution < -0.4 is 5.32 Å². The van der Waals surface area contributed by atoms with Crippen LogP contribution in [0.15, 0.2) is 18.2 Å². The molecule has 1 rings (SSSR count). The van der Waals surface area contributed by atoms with Crippen molar-refractivity contribution in [3.63, 3.8) is 0 Å². The molecule has 0 saturated carbocycles. The van der Waals surface area contributed by atoms with Crippen LogP contribution in [0.25, 0.3) is 0 Å². The molecule has 0 fully saturated rings. The maximum atomic E-state index is 12.0. The van der Waals surface area contributed by atoms with E-state index in [9.17, 15) is 14.4 Å². The lowest BCUT2D eigenvalue weighted by Gasteiger charge is -2.20. The van der Waals surface area contributed by atoms with Gasteiger partial charge in [0, 0.05) is 18.4 Å². The molecule has 114 valence electrons. The maximum Gasteiger partial charge on any atom is 0.328 e. The van der Waals surface area contributed by atoms with E-state index in [1.54, 1.807) is 12.1 Å². The van der Waals surface area contributed by atoms with Gasteiger partial charge in [-0.1, -0.05) is 12.1 Å². The van der Waals surface area contributed by atoms with E-state index >= 15 is 0 Å². The fourth-order valence-corrected chi connectivity index (χ4v) is 1.75. The Labute approximate surface area is 124 Å². The lowest BCUT2D eigenvalue weighted by atomic mass is 10.0. The van der Waals surface area contributed by atoms with E-state index in [1.165, 1.54) is 13.8 Å². The quantitative estimate of drug-likeness (QED) is 0.787. The van der Waals surface area contributed by atoms with E-state index in [4.69, 9.17) is 5.11 Å². The summed E-state index contributed by atoms with van der Waals surface area (Å²) < 4.78 is 0. The first-order valence-corrected chi connectivity index (χ1v) is 6.78. The van der Waals surface area contributed by atoms with Gasteiger partial charge in [0.15, 0.2) is 5.78 Å². The molecule has 5 nitrogen and oxygen atoms in total. The van der Waals surface area contributed by atoms with Crippen LogP contribution >= 0.6 is 0 Å². The number of Topliss-reactive ketones (excluding diaryl/α,β-unsaturated/α-hetero) is 1. The Morgan fingerprint density at radius 1 is 1.10 bits per heavy atom. The zero-order valence-corrected chi connectivity index (χ0v) is 12.8. The van der Waals surface area contributed by atoms with Crippen LogP contribution in [0, 0.1) is 13.8 Å². The van der Waals surface area contributed by atoms with Crippen molar-refractivity contribution in [3.05, 3.63) is 34.9 Å². The third kappa shape index (κ3) is 4.70. The number of aliphatic carboxylic acids is 1. The highest BCUT2D eigenvalue weighted by Gasteiger charge is 2.28. The second kappa shape index (κ2) is 6.52. The zero-order chi connectivity index (χ0) is 16.2. The first kappa shape index (κ1) is 16.9. The highest BCUT2D eigenvalue weighted by Crippen LogP contribution is 2.12. The van der Waals surface area contributed by atoms with E-state index in [0.29, 0.717) is 5.56 Å². The number of carbonyl (C=O) groups is 3. The van der Waals surface area contributed by atoms with E-state index in [1.807, 2.05) is 19.9 Å². The highest BCUT2D eigenvalue weighted by molar-refractivity contribution is 5.98. The van der Waals surface area contributed by atoms with Gasteiger partial charge < -0.3 is 10.4 Å². The van der Waals surface area contributed by atoms with E-state index in [0.717, 1.165) is 11.1 Å². The number of nitrogens with one attached hydrogen (secondary N) is 1. The molecule has 0 saturated heterocycles. The van der Waals surface area contributed by atoms with Gasteiger partial charge in [0.25, 0.3) is 0 Å². The van der Waals surface area contributed by atoms with Gasteiger partial charge in [-0.2, -0.15) is 0 Å². The Bertz CT molecular complexity index is 576. The number of aryl methyl sites for hydroxylation is 2. The first-order valence-electron chi connectivity index (χ1n) is 6.78. The number of hydrogen-bond donors (Lipinski definition) is 2. The van der Waals surface area contributed by atoms with Crippen molar-refractivity contribution in [2.75, 3.05) is 0 Å². The molecule has 0 heterocycles. The van der Waals surface area contributed by atoms with Crippen molar-refractivity contribution < 1.29 is 19.5 Å². The molecule has 21 heavy (non-hydrogen) atoms. The van der Waals surface area contributed by atoms with Crippen molar-refractivity contribution in [2.24, 2.45) is 0 Å². The molecule has 2 N–H and O–H groups in total. The predicted molar refractivity (Wildman–Crippen MR) is 79.3 cm³/mol. The standard InChI is InChI=1S/C16H21NO4/c1-10-5-6-12(9-11(10)2)13(18)7-8-14(19)17-16(3,4)15(20)21/h5-6,9H,7-8H2,1-4H3,(H,17,19)(H,20,21). The minimum Gasteiger partial charge on any atom is -0.480 e. The van der Waals surface area contributed by atoms with Crippen LogP contribution in [0.5, 0.6) is 0 Å². The highest BCUT2D eigenvalue weighted by atomic mass is 16.4. The fourth-order valence-electron chi connectivity index (χ4n) is 1.75. The first-order chi connectivity index (χ1) is 9.63. The Hall–Kier alpha value is -2.17. The number of carboxylic acids is 1. The summed E-state index contributed by atoms with van der Waals surface area (Å²) in [6.45, 7) is 6.69. The average Bonchev–Trinajstić information content (AvgIpc) is 2.38. The number of benzene rings is 1. The molecular weight excluding hydrogens is 270 g/mol. The van der Waals surface area contributed by atoms with Gasteiger partial charge in [-0.05, 0) is 44.9 Å². The molecule has 0 radical (unpaired) electrons. The molecule has 0 aliphatic carbocycles. The lowest BCUT2D eigenvalue weighted by molar-refractivity contribution is -0.146. The van der Waals surface area contributed by atoms with Crippen molar-refractivity contribution in [2.45, 2.75) is 46.1 Å². The second-order valence-electron chi connectivity index (χ2n) is 5.70. The summed E-state index contributed by atoms with van der Waals surface area (Å²) in [5.41, 5.74) is 1.37. The SMILES string of the molecule is Cc1ccc(C(=O)CCC(=O)NC(C)(C)C(=O)O)cc1C.